The van der Waals surface area contributed by atoms with E-state index >= 15 is 0 Å². The Bertz CT molecular complexity index is 574. The molecule has 0 unspecified atom stereocenters. The van der Waals surface area contributed by atoms with Gasteiger partial charge in [-0.3, -0.25) is 14.8 Å². The summed E-state index contributed by atoms with van der Waals surface area (Å²) >= 11 is 1.46. The van der Waals surface area contributed by atoms with Crippen LogP contribution in [0, 0.1) is 0 Å². The second-order valence-electron chi connectivity index (χ2n) is 4.68. The fourth-order valence-corrected chi connectivity index (χ4v) is 2.92. The number of hydrogen-bond acceptors (Lipinski definition) is 6. The predicted octanol–water partition coefficient (Wildman–Crippen LogP) is 4.01. The van der Waals surface area contributed by atoms with E-state index in [1.807, 2.05) is 53.3 Å². The molecular weight excluding hydrogens is 332 g/mol. The van der Waals surface area contributed by atoms with Gasteiger partial charge < -0.3 is 10.2 Å². The number of carbonyl (C=O) groups excluding carboxylic acids is 1. The lowest BCUT2D eigenvalue weighted by atomic mass is 10.0. The van der Waals surface area contributed by atoms with Crippen LogP contribution in [-0.2, 0) is 4.79 Å². The van der Waals surface area contributed by atoms with Gasteiger partial charge >= 0.3 is 0 Å². The maximum Gasteiger partial charge on any atom is 0.192 e. The van der Waals surface area contributed by atoms with Crippen molar-refractivity contribution in [2.75, 3.05) is 26.4 Å². The van der Waals surface area contributed by atoms with Gasteiger partial charge in [-0.2, -0.15) is 0 Å². The Kier molecular flexibility index (Phi) is 12.5. The normalized spacial score (nSPS) is 16.2. The van der Waals surface area contributed by atoms with Crippen LogP contribution >= 0.6 is 11.8 Å². The SMILES string of the molecule is CC.CC.CCN(C)C1=C(C2=C(SC)C(=O)CN=CN2)CC=NC=C1. The summed E-state index contributed by atoms with van der Waals surface area (Å²) in [6.07, 6.45) is 9.85. The fraction of sp³-hybridized carbons (Fsp3) is 0.526. The van der Waals surface area contributed by atoms with Crippen LogP contribution in [0.25, 0.3) is 0 Å². The van der Waals surface area contributed by atoms with E-state index in [0.29, 0.717) is 6.42 Å². The molecule has 140 valence electrons. The maximum atomic E-state index is 12.2. The van der Waals surface area contributed by atoms with Crippen LogP contribution < -0.4 is 5.32 Å². The number of likely N-dealkylation sites (N-methyl/N-ethyl adjacent to an activating group) is 1. The average Bonchev–Trinajstić information content (AvgIpc) is 3.02. The third-order valence-electron chi connectivity index (χ3n) is 3.44. The lowest BCUT2D eigenvalue weighted by Crippen LogP contribution is -2.22. The number of rotatable bonds is 4. The monoisotopic (exact) mass is 364 g/mol. The Morgan fingerprint density at radius 2 is 1.96 bits per heavy atom. The third-order valence-corrected chi connectivity index (χ3v) is 4.28. The highest BCUT2D eigenvalue weighted by Crippen LogP contribution is 2.28. The molecule has 5 nitrogen and oxygen atoms in total. The van der Waals surface area contributed by atoms with Gasteiger partial charge in [-0.05, 0) is 19.3 Å². The molecule has 0 aliphatic carbocycles. The van der Waals surface area contributed by atoms with Gasteiger partial charge in [-0.15, -0.1) is 11.8 Å². The summed E-state index contributed by atoms with van der Waals surface area (Å²) in [5, 5.41) is 3.19. The second kappa shape index (κ2) is 13.5. The summed E-state index contributed by atoms with van der Waals surface area (Å²) in [6, 6.07) is 0. The van der Waals surface area contributed by atoms with E-state index in [-0.39, 0.29) is 12.3 Å². The van der Waals surface area contributed by atoms with Crippen molar-refractivity contribution in [3.63, 3.8) is 0 Å². The number of carbonyl (C=O) groups is 1. The molecule has 2 aliphatic rings. The van der Waals surface area contributed by atoms with Gasteiger partial charge in [-0.25, -0.2) is 0 Å². The average molecular weight is 365 g/mol. The molecule has 2 heterocycles. The molecule has 6 heteroatoms. The summed E-state index contributed by atoms with van der Waals surface area (Å²) in [6.45, 7) is 11.2. The highest BCUT2D eigenvalue weighted by molar-refractivity contribution is 8.03. The predicted molar refractivity (Wildman–Crippen MR) is 112 cm³/mol. The van der Waals surface area contributed by atoms with Gasteiger partial charge in [-0.1, -0.05) is 27.7 Å². The van der Waals surface area contributed by atoms with Gasteiger partial charge in [0.15, 0.2) is 5.78 Å². The first-order chi connectivity index (χ1) is 12.2. The smallest absolute Gasteiger partial charge is 0.192 e. The molecule has 0 aromatic carbocycles. The molecule has 0 fully saturated rings. The number of nitrogens with zero attached hydrogens (tertiary/aromatic N) is 3. The van der Waals surface area contributed by atoms with Crippen molar-refractivity contribution in [2.24, 2.45) is 9.98 Å². The van der Waals surface area contributed by atoms with Gasteiger partial charge in [0.25, 0.3) is 0 Å². The minimum absolute atomic E-state index is 0.0508. The molecule has 2 rings (SSSR count). The molecule has 0 aromatic heterocycles. The molecule has 2 aliphatic heterocycles. The fourth-order valence-electron chi connectivity index (χ4n) is 2.24. The highest BCUT2D eigenvalue weighted by Gasteiger charge is 2.22. The Labute approximate surface area is 157 Å². The van der Waals surface area contributed by atoms with E-state index in [0.717, 1.165) is 28.4 Å². The van der Waals surface area contributed by atoms with E-state index in [1.54, 1.807) is 12.5 Å². The first-order valence-electron chi connectivity index (χ1n) is 8.88. The third kappa shape index (κ3) is 6.53. The quantitative estimate of drug-likeness (QED) is 0.819. The van der Waals surface area contributed by atoms with Gasteiger partial charge in [0.05, 0.1) is 16.9 Å². The lowest BCUT2D eigenvalue weighted by molar-refractivity contribution is -0.113. The summed E-state index contributed by atoms with van der Waals surface area (Å²) in [7, 11) is 2.04. The first kappa shape index (κ1) is 23.2. The zero-order valence-corrected chi connectivity index (χ0v) is 17.4. The van der Waals surface area contributed by atoms with E-state index in [9.17, 15) is 4.79 Å². The molecule has 0 spiro atoms. The molecule has 0 saturated carbocycles. The van der Waals surface area contributed by atoms with Crippen LogP contribution in [0.2, 0.25) is 0 Å². The molecule has 0 amide bonds. The summed E-state index contributed by atoms with van der Waals surface area (Å²) < 4.78 is 0. The van der Waals surface area contributed by atoms with E-state index in [4.69, 9.17) is 0 Å². The summed E-state index contributed by atoms with van der Waals surface area (Å²) in [5.74, 6) is 0.0508. The van der Waals surface area contributed by atoms with Crippen LogP contribution in [0.5, 0.6) is 0 Å². The van der Waals surface area contributed by atoms with Gasteiger partial charge in [0, 0.05) is 43.7 Å². The number of ketones is 1. The van der Waals surface area contributed by atoms with Gasteiger partial charge in [0.1, 0.15) is 6.54 Å². The van der Waals surface area contributed by atoms with Crippen LogP contribution in [0.15, 0.2) is 44.1 Å². The highest BCUT2D eigenvalue weighted by atomic mass is 32.2. The molecule has 0 radical (unpaired) electrons. The minimum atomic E-state index is 0.0508. The Morgan fingerprint density at radius 1 is 1.28 bits per heavy atom. The number of allylic oxidation sites excluding steroid dienone is 2. The topological polar surface area (TPSA) is 57.1 Å². The van der Waals surface area contributed by atoms with Crippen molar-refractivity contribution in [1.29, 1.82) is 0 Å². The van der Waals surface area contributed by atoms with Crippen molar-refractivity contribution in [3.05, 3.63) is 34.1 Å². The zero-order chi connectivity index (χ0) is 19.2. The largest absolute Gasteiger partial charge is 0.375 e. The molecule has 0 saturated heterocycles. The van der Waals surface area contributed by atoms with Crippen molar-refractivity contribution < 1.29 is 4.79 Å². The molecule has 0 atom stereocenters. The number of aliphatic imine (C=N–C) groups is 2. The van der Waals surface area contributed by atoms with E-state index in [1.165, 1.54) is 11.8 Å². The molecule has 0 bridgehead atoms. The Morgan fingerprint density at radius 3 is 2.56 bits per heavy atom. The van der Waals surface area contributed by atoms with E-state index in [2.05, 4.69) is 27.1 Å². The zero-order valence-electron chi connectivity index (χ0n) is 16.6. The molecule has 25 heavy (non-hydrogen) atoms. The number of Topliss-reactive ketones (excluding diaryl/α,β-unsaturated/α-hetero) is 1. The van der Waals surface area contributed by atoms with Crippen molar-refractivity contribution >= 4 is 30.1 Å². The maximum absolute atomic E-state index is 12.2. The van der Waals surface area contributed by atoms with Crippen molar-refractivity contribution in [1.82, 2.24) is 10.2 Å². The molecular formula is C19H32N4OS. The Balaban J connectivity index is 0.00000134. The van der Waals surface area contributed by atoms with E-state index < -0.39 is 0 Å². The van der Waals surface area contributed by atoms with Gasteiger partial charge in [0.2, 0.25) is 0 Å². The standard InChI is InChI=1S/C15H20N4OS.2C2H6/c1-4-19(2)12-6-8-16-7-5-11(12)14-15(21-3)13(20)9-17-10-18-14;2*1-2/h6-8,10H,4-5,9H2,1-3H3,(H,17,18);2*1-2H3. The van der Waals surface area contributed by atoms with Crippen LogP contribution in [0.4, 0.5) is 0 Å². The number of nitrogens with one attached hydrogen (secondary N) is 1. The summed E-state index contributed by atoms with van der Waals surface area (Å²) in [5.41, 5.74) is 3.00. The number of hydrogen-bond donors (Lipinski definition) is 1. The van der Waals surface area contributed by atoms with Crippen LogP contribution in [-0.4, -0.2) is 49.6 Å². The Hall–Kier alpha value is -1.82. The van der Waals surface area contributed by atoms with Crippen LogP contribution in [0.3, 0.4) is 0 Å². The second-order valence-corrected chi connectivity index (χ2v) is 5.49. The van der Waals surface area contributed by atoms with Crippen LogP contribution in [0.1, 0.15) is 41.0 Å². The minimum Gasteiger partial charge on any atom is -0.375 e. The van der Waals surface area contributed by atoms with Crippen molar-refractivity contribution in [2.45, 2.75) is 41.0 Å². The van der Waals surface area contributed by atoms with Crippen molar-refractivity contribution in [3.8, 4) is 0 Å². The lowest BCUT2D eigenvalue weighted by Gasteiger charge is -2.23. The molecule has 0 aromatic rings. The number of thioether (sulfide) groups is 1. The summed E-state index contributed by atoms with van der Waals surface area (Å²) in [4.78, 5) is 23.4. The molecule has 1 N–H and O–H groups in total. The first-order valence-corrected chi connectivity index (χ1v) is 10.1.